The maximum absolute atomic E-state index is 5.47. The number of morpholine rings is 1. The molecule has 1 aromatic carbocycles. The number of benzene rings is 1. The number of nitrogens with zero attached hydrogens (tertiary/aromatic N) is 4. The van der Waals surface area contributed by atoms with Crippen LogP contribution in [0.1, 0.15) is 0 Å². The van der Waals surface area contributed by atoms with Crippen LogP contribution in [0.25, 0.3) is 33.3 Å². The summed E-state index contributed by atoms with van der Waals surface area (Å²) in [5, 5.41) is 0. The topological polar surface area (TPSA) is 43.2 Å². The Morgan fingerprint density at radius 3 is 2.55 bits per heavy atom. The molecule has 1 saturated heterocycles. The van der Waals surface area contributed by atoms with E-state index in [2.05, 4.69) is 57.0 Å². The quantitative estimate of drug-likeness (QED) is 0.520. The Morgan fingerprint density at radius 1 is 0.862 bits per heavy atom. The smallest absolute Gasteiger partial charge is 0.0959 e. The van der Waals surface area contributed by atoms with Crippen LogP contribution in [0.4, 0.5) is 0 Å². The number of fused-ring (bicyclic) bond motifs is 1. The highest BCUT2D eigenvalue weighted by Gasteiger charge is 2.15. The zero-order valence-electron chi connectivity index (χ0n) is 16.4. The zero-order valence-corrected chi connectivity index (χ0v) is 16.4. The van der Waals surface area contributed by atoms with Crippen LogP contribution in [0.3, 0.4) is 0 Å². The molecule has 1 aliphatic rings. The first-order chi connectivity index (χ1) is 14.4. The van der Waals surface area contributed by atoms with Gasteiger partial charge in [-0.05, 0) is 23.8 Å². The molecule has 146 valence electrons. The van der Waals surface area contributed by atoms with Crippen molar-refractivity contribution >= 4 is 11.0 Å². The molecule has 4 heterocycles. The molecule has 29 heavy (non-hydrogen) atoms. The number of ether oxygens (including phenoxy) is 1. The van der Waals surface area contributed by atoms with E-state index in [0.717, 1.165) is 61.6 Å². The maximum Gasteiger partial charge on any atom is 0.0959 e. The van der Waals surface area contributed by atoms with Crippen molar-refractivity contribution in [2.24, 2.45) is 0 Å². The van der Waals surface area contributed by atoms with Gasteiger partial charge in [0.1, 0.15) is 0 Å². The van der Waals surface area contributed by atoms with Gasteiger partial charge in [-0.25, -0.2) is 0 Å². The summed E-state index contributed by atoms with van der Waals surface area (Å²) < 4.78 is 7.79. The SMILES string of the molecule is c1ccc(-c2cncc(-c3cn(CCN4CCOCC4)c4cccnc34)c2)cc1. The average Bonchev–Trinajstić information content (AvgIpc) is 3.18. The van der Waals surface area contributed by atoms with Gasteiger partial charge < -0.3 is 9.30 Å². The van der Waals surface area contributed by atoms with Crippen molar-refractivity contribution in [3.05, 3.63) is 73.3 Å². The summed E-state index contributed by atoms with van der Waals surface area (Å²) in [6.07, 6.45) is 7.95. The molecule has 1 aliphatic heterocycles. The molecule has 0 aliphatic carbocycles. The first-order valence-electron chi connectivity index (χ1n) is 10.1. The number of hydrogen-bond donors (Lipinski definition) is 0. The van der Waals surface area contributed by atoms with E-state index in [0.29, 0.717) is 0 Å². The van der Waals surface area contributed by atoms with Crippen molar-refractivity contribution < 1.29 is 4.74 Å². The molecular weight excluding hydrogens is 360 g/mol. The highest BCUT2D eigenvalue weighted by molar-refractivity contribution is 5.93. The van der Waals surface area contributed by atoms with E-state index in [4.69, 9.17) is 9.72 Å². The van der Waals surface area contributed by atoms with Crippen LogP contribution in [-0.4, -0.2) is 52.3 Å². The number of aromatic nitrogens is 3. The normalized spacial score (nSPS) is 15.0. The molecule has 5 nitrogen and oxygen atoms in total. The summed E-state index contributed by atoms with van der Waals surface area (Å²) in [5.41, 5.74) is 6.72. The summed E-state index contributed by atoms with van der Waals surface area (Å²) in [6.45, 7) is 5.63. The summed E-state index contributed by atoms with van der Waals surface area (Å²) in [6, 6.07) is 16.7. The van der Waals surface area contributed by atoms with Crippen LogP contribution in [0.5, 0.6) is 0 Å². The molecule has 0 bridgehead atoms. The predicted molar refractivity (Wildman–Crippen MR) is 116 cm³/mol. The molecule has 0 spiro atoms. The van der Waals surface area contributed by atoms with Crippen molar-refractivity contribution in [3.8, 4) is 22.3 Å². The highest BCUT2D eigenvalue weighted by atomic mass is 16.5. The van der Waals surface area contributed by atoms with E-state index in [1.807, 2.05) is 30.7 Å². The zero-order chi connectivity index (χ0) is 19.5. The van der Waals surface area contributed by atoms with Gasteiger partial charge in [0.2, 0.25) is 0 Å². The van der Waals surface area contributed by atoms with Crippen molar-refractivity contribution in [2.75, 3.05) is 32.8 Å². The summed E-state index contributed by atoms with van der Waals surface area (Å²) in [7, 11) is 0. The molecule has 3 aromatic heterocycles. The second-order valence-corrected chi connectivity index (χ2v) is 7.39. The van der Waals surface area contributed by atoms with Gasteiger partial charge in [-0.15, -0.1) is 0 Å². The van der Waals surface area contributed by atoms with E-state index < -0.39 is 0 Å². The van der Waals surface area contributed by atoms with Crippen LogP contribution in [-0.2, 0) is 11.3 Å². The van der Waals surface area contributed by atoms with Crippen molar-refractivity contribution in [1.82, 2.24) is 19.4 Å². The van der Waals surface area contributed by atoms with Gasteiger partial charge in [0, 0.05) is 67.7 Å². The van der Waals surface area contributed by atoms with Gasteiger partial charge >= 0.3 is 0 Å². The molecule has 0 unspecified atom stereocenters. The largest absolute Gasteiger partial charge is 0.379 e. The van der Waals surface area contributed by atoms with Gasteiger partial charge in [0.05, 0.1) is 24.2 Å². The molecule has 5 rings (SSSR count). The number of rotatable bonds is 5. The molecule has 4 aromatic rings. The Labute approximate surface area is 170 Å². The van der Waals surface area contributed by atoms with Crippen molar-refractivity contribution in [1.29, 1.82) is 0 Å². The lowest BCUT2D eigenvalue weighted by Crippen LogP contribution is -2.38. The van der Waals surface area contributed by atoms with Crippen LogP contribution >= 0.6 is 0 Å². The van der Waals surface area contributed by atoms with E-state index in [9.17, 15) is 0 Å². The second kappa shape index (κ2) is 8.15. The Bertz CT molecular complexity index is 1100. The molecule has 1 fully saturated rings. The third-order valence-corrected chi connectivity index (χ3v) is 5.55. The summed E-state index contributed by atoms with van der Waals surface area (Å²) in [5.74, 6) is 0. The molecule has 0 radical (unpaired) electrons. The molecule has 0 N–H and O–H groups in total. The standard InChI is InChI=1S/C24H24N4O/c1-2-5-19(6-3-1)20-15-21(17-25-16-20)22-18-28(23-7-4-8-26-24(22)23)10-9-27-11-13-29-14-12-27/h1-8,15-18H,9-14H2. The van der Waals surface area contributed by atoms with E-state index in [1.165, 1.54) is 11.1 Å². The minimum Gasteiger partial charge on any atom is -0.379 e. The molecule has 5 heteroatoms. The van der Waals surface area contributed by atoms with Crippen LogP contribution in [0, 0.1) is 0 Å². The predicted octanol–water partition coefficient (Wildman–Crippen LogP) is 4.10. The fraction of sp³-hybridized carbons (Fsp3) is 0.250. The number of hydrogen-bond acceptors (Lipinski definition) is 4. The summed E-state index contributed by atoms with van der Waals surface area (Å²) in [4.78, 5) is 11.7. The van der Waals surface area contributed by atoms with Gasteiger partial charge in [0.25, 0.3) is 0 Å². The van der Waals surface area contributed by atoms with Gasteiger partial charge in [-0.1, -0.05) is 30.3 Å². The third-order valence-electron chi connectivity index (χ3n) is 5.55. The molecule has 0 saturated carbocycles. The van der Waals surface area contributed by atoms with Gasteiger partial charge in [-0.3, -0.25) is 14.9 Å². The molecular formula is C24H24N4O. The Balaban J connectivity index is 1.49. The Hall–Kier alpha value is -3.02. The second-order valence-electron chi connectivity index (χ2n) is 7.39. The third kappa shape index (κ3) is 3.79. The van der Waals surface area contributed by atoms with Crippen molar-refractivity contribution in [2.45, 2.75) is 6.54 Å². The fourth-order valence-electron chi connectivity index (χ4n) is 3.97. The molecule has 0 atom stereocenters. The van der Waals surface area contributed by atoms with Crippen LogP contribution in [0.15, 0.2) is 73.3 Å². The lowest BCUT2D eigenvalue weighted by molar-refractivity contribution is 0.0365. The lowest BCUT2D eigenvalue weighted by atomic mass is 10.0. The molecule has 0 amide bonds. The first kappa shape index (κ1) is 18.0. The highest BCUT2D eigenvalue weighted by Crippen LogP contribution is 2.31. The maximum atomic E-state index is 5.47. The van der Waals surface area contributed by atoms with E-state index >= 15 is 0 Å². The Kier molecular flexibility index (Phi) is 5.07. The first-order valence-corrected chi connectivity index (χ1v) is 10.1. The fourth-order valence-corrected chi connectivity index (χ4v) is 3.97. The minimum absolute atomic E-state index is 0.831. The van der Waals surface area contributed by atoms with E-state index in [1.54, 1.807) is 0 Å². The monoisotopic (exact) mass is 384 g/mol. The van der Waals surface area contributed by atoms with Gasteiger partial charge in [0.15, 0.2) is 0 Å². The van der Waals surface area contributed by atoms with Crippen LogP contribution < -0.4 is 0 Å². The lowest BCUT2D eigenvalue weighted by Gasteiger charge is -2.26. The van der Waals surface area contributed by atoms with Gasteiger partial charge in [-0.2, -0.15) is 0 Å². The number of pyridine rings is 2. The minimum atomic E-state index is 0.831. The van der Waals surface area contributed by atoms with Crippen molar-refractivity contribution in [3.63, 3.8) is 0 Å². The Morgan fingerprint density at radius 2 is 1.69 bits per heavy atom. The summed E-state index contributed by atoms with van der Waals surface area (Å²) >= 11 is 0. The van der Waals surface area contributed by atoms with E-state index in [-0.39, 0.29) is 0 Å². The van der Waals surface area contributed by atoms with Crippen LogP contribution in [0.2, 0.25) is 0 Å². The average molecular weight is 384 g/mol.